The molecule has 0 amide bonds. The number of carboxylic acid groups (broad SMARTS) is 1. The van der Waals surface area contributed by atoms with Crippen molar-refractivity contribution >= 4 is 17.4 Å². The molecule has 0 bridgehead atoms. The van der Waals surface area contributed by atoms with Gasteiger partial charge in [-0.2, -0.15) is 0 Å². The van der Waals surface area contributed by atoms with Gasteiger partial charge < -0.3 is 15.5 Å². The Labute approximate surface area is 109 Å². The molecular formula is C13H15N3O3. The van der Waals surface area contributed by atoms with Gasteiger partial charge in [0.1, 0.15) is 5.65 Å². The third-order valence-corrected chi connectivity index (χ3v) is 3.60. The molecule has 0 radical (unpaired) electrons. The molecule has 1 fully saturated rings. The van der Waals surface area contributed by atoms with Crippen molar-refractivity contribution in [2.45, 2.75) is 24.9 Å². The number of rotatable bonds is 4. The summed E-state index contributed by atoms with van der Waals surface area (Å²) < 4.78 is 1.52. The van der Waals surface area contributed by atoms with E-state index >= 15 is 0 Å². The highest BCUT2D eigenvalue weighted by Crippen LogP contribution is 2.32. The van der Waals surface area contributed by atoms with Crippen molar-refractivity contribution in [3.8, 4) is 0 Å². The number of hydrogen-bond acceptors (Lipinski definition) is 4. The highest BCUT2D eigenvalue weighted by Gasteiger charge is 2.34. The second-order valence-corrected chi connectivity index (χ2v) is 4.97. The number of hydrogen-bond donors (Lipinski definition) is 3. The summed E-state index contributed by atoms with van der Waals surface area (Å²) in [7, 11) is 0. The topological polar surface area (TPSA) is 86.9 Å². The number of nitrogens with zero attached hydrogens (tertiary/aromatic N) is 2. The summed E-state index contributed by atoms with van der Waals surface area (Å²) >= 11 is 0. The van der Waals surface area contributed by atoms with E-state index in [1.54, 1.807) is 24.4 Å². The lowest BCUT2D eigenvalue weighted by molar-refractivity contribution is -0.0202. The fourth-order valence-corrected chi connectivity index (χ4v) is 2.33. The van der Waals surface area contributed by atoms with E-state index in [4.69, 9.17) is 0 Å². The van der Waals surface area contributed by atoms with Crippen molar-refractivity contribution in [1.82, 2.24) is 9.38 Å². The number of fused-ring (bicyclic) bond motifs is 1. The first-order valence-corrected chi connectivity index (χ1v) is 6.26. The maximum absolute atomic E-state index is 11.3. The van der Waals surface area contributed by atoms with Crippen LogP contribution >= 0.6 is 0 Å². The molecule has 6 heteroatoms. The average Bonchev–Trinajstić information content (AvgIpc) is 2.72. The van der Waals surface area contributed by atoms with E-state index in [9.17, 15) is 15.0 Å². The first kappa shape index (κ1) is 12.0. The Balaban J connectivity index is 1.93. The van der Waals surface area contributed by atoms with Gasteiger partial charge in [0.15, 0.2) is 11.5 Å². The zero-order chi connectivity index (χ0) is 13.5. The van der Waals surface area contributed by atoms with E-state index in [0.29, 0.717) is 18.0 Å². The summed E-state index contributed by atoms with van der Waals surface area (Å²) in [5, 5.41) is 22.3. The fourth-order valence-electron chi connectivity index (χ4n) is 2.33. The molecule has 0 saturated heterocycles. The predicted octanol–water partition coefficient (Wildman–Crippen LogP) is 1.36. The number of aliphatic hydroxyl groups is 1. The van der Waals surface area contributed by atoms with E-state index in [1.807, 2.05) is 0 Å². The Morgan fingerprint density at radius 3 is 2.89 bits per heavy atom. The molecular weight excluding hydrogens is 246 g/mol. The normalized spacial score (nSPS) is 17.1. The number of carbonyl (C=O) groups is 1. The standard InChI is InChI=1S/C13H15N3O3/c17-12(18)10-11(14-8-13(19)5-3-6-13)15-9-4-1-2-7-16(9)10/h1-2,4,7,14,19H,3,5-6,8H2,(H,17,18). The second kappa shape index (κ2) is 4.24. The van der Waals surface area contributed by atoms with Crippen LogP contribution in [0, 0.1) is 0 Å². The molecule has 0 aromatic carbocycles. The number of pyridine rings is 1. The zero-order valence-electron chi connectivity index (χ0n) is 10.3. The van der Waals surface area contributed by atoms with Crippen molar-refractivity contribution in [1.29, 1.82) is 0 Å². The predicted molar refractivity (Wildman–Crippen MR) is 69.4 cm³/mol. The van der Waals surface area contributed by atoms with Gasteiger partial charge in [-0.3, -0.25) is 4.40 Å². The van der Waals surface area contributed by atoms with Crippen LogP contribution in [0.5, 0.6) is 0 Å². The maximum atomic E-state index is 11.3. The summed E-state index contributed by atoms with van der Waals surface area (Å²) in [5.41, 5.74) is -0.0486. The van der Waals surface area contributed by atoms with Crippen LogP contribution in [0.4, 0.5) is 5.82 Å². The monoisotopic (exact) mass is 261 g/mol. The zero-order valence-corrected chi connectivity index (χ0v) is 10.3. The molecule has 3 N–H and O–H groups in total. The molecule has 0 unspecified atom stereocenters. The lowest BCUT2D eigenvalue weighted by atomic mass is 9.80. The maximum Gasteiger partial charge on any atom is 0.356 e. The minimum atomic E-state index is -1.04. The molecule has 2 heterocycles. The van der Waals surface area contributed by atoms with Crippen LogP contribution in [-0.2, 0) is 0 Å². The quantitative estimate of drug-likeness (QED) is 0.773. The number of imidazole rings is 1. The summed E-state index contributed by atoms with van der Waals surface area (Å²) in [5.74, 6) is -0.735. The van der Waals surface area contributed by atoms with Gasteiger partial charge in [0.25, 0.3) is 0 Å². The summed E-state index contributed by atoms with van der Waals surface area (Å²) in [6.45, 7) is 0.331. The highest BCUT2D eigenvalue weighted by atomic mass is 16.4. The third kappa shape index (κ3) is 2.04. The molecule has 1 aliphatic rings. The van der Waals surface area contributed by atoms with Crippen LogP contribution in [0.2, 0.25) is 0 Å². The van der Waals surface area contributed by atoms with Crippen LogP contribution in [0.1, 0.15) is 29.8 Å². The molecule has 0 atom stereocenters. The first-order valence-electron chi connectivity index (χ1n) is 6.26. The Kier molecular flexibility index (Phi) is 2.67. The largest absolute Gasteiger partial charge is 0.476 e. The van der Waals surface area contributed by atoms with Crippen LogP contribution in [-0.4, -0.2) is 37.7 Å². The lowest BCUT2D eigenvalue weighted by Crippen LogP contribution is -2.43. The van der Waals surface area contributed by atoms with Crippen LogP contribution < -0.4 is 5.32 Å². The number of aromatic carboxylic acids is 1. The minimum Gasteiger partial charge on any atom is -0.476 e. The van der Waals surface area contributed by atoms with Crippen molar-refractivity contribution in [3.63, 3.8) is 0 Å². The van der Waals surface area contributed by atoms with Crippen molar-refractivity contribution in [2.75, 3.05) is 11.9 Å². The number of carboxylic acids is 1. The lowest BCUT2D eigenvalue weighted by Gasteiger charge is -2.36. The molecule has 0 spiro atoms. The molecule has 6 nitrogen and oxygen atoms in total. The molecule has 1 saturated carbocycles. The fraction of sp³-hybridized carbons (Fsp3) is 0.385. The SMILES string of the molecule is O=C(O)c1c(NCC2(O)CCC2)nc2ccccn12. The number of nitrogens with one attached hydrogen (secondary N) is 1. The molecule has 0 aliphatic heterocycles. The average molecular weight is 261 g/mol. The van der Waals surface area contributed by atoms with Gasteiger partial charge in [0.2, 0.25) is 0 Å². The molecule has 19 heavy (non-hydrogen) atoms. The molecule has 100 valence electrons. The van der Waals surface area contributed by atoms with E-state index in [1.165, 1.54) is 4.40 Å². The molecule has 2 aromatic heterocycles. The highest BCUT2D eigenvalue weighted by molar-refractivity contribution is 5.92. The summed E-state index contributed by atoms with van der Waals surface area (Å²) in [4.78, 5) is 15.6. The summed E-state index contributed by atoms with van der Waals surface area (Å²) in [6.07, 6.45) is 4.16. The Morgan fingerprint density at radius 1 is 1.47 bits per heavy atom. The van der Waals surface area contributed by atoms with Crippen LogP contribution in [0.3, 0.4) is 0 Å². The van der Waals surface area contributed by atoms with Crippen molar-refractivity contribution in [2.24, 2.45) is 0 Å². The summed E-state index contributed by atoms with van der Waals surface area (Å²) in [6, 6.07) is 5.30. The van der Waals surface area contributed by atoms with E-state index in [2.05, 4.69) is 10.3 Å². The molecule has 2 aromatic rings. The molecule has 1 aliphatic carbocycles. The Bertz CT molecular complexity index is 631. The van der Waals surface area contributed by atoms with Gasteiger partial charge in [-0.15, -0.1) is 0 Å². The second-order valence-electron chi connectivity index (χ2n) is 4.97. The number of anilines is 1. The van der Waals surface area contributed by atoms with Crippen molar-refractivity contribution < 1.29 is 15.0 Å². The van der Waals surface area contributed by atoms with Gasteiger partial charge in [-0.25, -0.2) is 9.78 Å². The Morgan fingerprint density at radius 2 is 2.26 bits per heavy atom. The molecule has 3 rings (SSSR count). The van der Waals surface area contributed by atoms with E-state index < -0.39 is 11.6 Å². The van der Waals surface area contributed by atoms with Crippen LogP contribution in [0.25, 0.3) is 5.65 Å². The third-order valence-electron chi connectivity index (χ3n) is 3.60. The van der Waals surface area contributed by atoms with E-state index in [0.717, 1.165) is 19.3 Å². The number of aromatic nitrogens is 2. The van der Waals surface area contributed by atoms with Crippen LogP contribution in [0.15, 0.2) is 24.4 Å². The smallest absolute Gasteiger partial charge is 0.356 e. The van der Waals surface area contributed by atoms with Crippen molar-refractivity contribution in [3.05, 3.63) is 30.1 Å². The van der Waals surface area contributed by atoms with E-state index in [-0.39, 0.29) is 5.69 Å². The first-order chi connectivity index (χ1) is 9.09. The Hall–Kier alpha value is -2.08. The van der Waals surface area contributed by atoms with Gasteiger partial charge in [-0.05, 0) is 31.4 Å². The van der Waals surface area contributed by atoms with Gasteiger partial charge in [0, 0.05) is 12.7 Å². The van der Waals surface area contributed by atoms with Gasteiger partial charge >= 0.3 is 5.97 Å². The minimum absolute atomic E-state index is 0.0959. The van der Waals surface area contributed by atoms with Gasteiger partial charge in [0.05, 0.1) is 5.60 Å². The van der Waals surface area contributed by atoms with Gasteiger partial charge in [-0.1, -0.05) is 6.07 Å².